The average Bonchev–Trinajstić information content (AvgIpc) is 3.25. The first-order valence-corrected chi connectivity index (χ1v) is 20.3. The summed E-state index contributed by atoms with van der Waals surface area (Å²) in [5.74, 6) is -1.04. The number of carboxylic acid groups (broad SMARTS) is 1. The quantitative estimate of drug-likeness (QED) is 0.189. The van der Waals surface area contributed by atoms with Crippen molar-refractivity contribution in [2.75, 3.05) is 63.5 Å². The average molecular weight is 838 g/mol. The molecule has 1 N–H and O–H groups in total. The third-order valence-electron chi connectivity index (χ3n) is 3.56. The predicted octanol–water partition coefficient (Wildman–Crippen LogP) is 14.7. The second-order valence-corrected chi connectivity index (χ2v) is 9.40. The lowest BCUT2D eigenvalue weighted by atomic mass is 10.2. The molecule has 0 saturated carbocycles. The Hall–Kier alpha value is -4.34. The molecule has 0 atom stereocenters. The Morgan fingerprint density at radius 2 is 0.542 bits per heavy atom. The lowest BCUT2D eigenvalue weighted by Crippen LogP contribution is -1.95. The Bertz CT molecular complexity index is 921. The van der Waals surface area contributed by atoms with Crippen molar-refractivity contribution in [2.24, 2.45) is 0 Å². The summed E-state index contributed by atoms with van der Waals surface area (Å²) in [5, 5.41) is 7.42. The molecule has 0 heterocycles. The van der Waals surface area contributed by atoms with Gasteiger partial charge in [-0.2, -0.15) is 0 Å². The first-order chi connectivity index (χ1) is 28.4. The molecule has 0 fully saturated rings. The molecule has 0 aromatic heterocycles. The monoisotopic (exact) mass is 838 g/mol. The summed E-state index contributed by atoms with van der Waals surface area (Å²) >= 11 is 0. The molecule has 0 saturated heterocycles. The maximum absolute atomic E-state index is 9.82. The molecule has 0 radical (unpaired) electrons. The molecule has 0 bridgehead atoms. The number of aliphatic carboxylic acids is 1. The third-order valence-corrected chi connectivity index (χ3v) is 3.56. The minimum atomic E-state index is -0.833. The summed E-state index contributed by atoms with van der Waals surface area (Å²) < 4.78 is 21.4. The highest BCUT2D eigenvalue weighted by Crippen LogP contribution is 1.93. The summed E-state index contributed by atoms with van der Waals surface area (Å²) in [6.45, 7) is 29.2. The molecule has 348 valence electrons. The van der Waals surface area contributed by atoms with Gasteiger partial charge in [-0.3, -0.25) is 9.59 Å². The molecule has 4 rings (SSSR count). The van der Waals surface area contributed by atoms with Crippen molar-refractivity contribution >= 4 is 11.9 Å². The molecule has 8 nitrogen and oxygen atoms in total. The smallest absolute Gasteiger partial charge is 0.481 e. The number of hydrogen-bond donors (Lipinski definition) is 1. The highest BCUT2D eigenvalue weighted by Gasteiger charge is 1.81. The van der Waals surface area contributed by atoms with Gasteiger partial charge in [-0.1, -0.05) is 220 Å². The van der Waals surface area contributed by atoms with Crippen molar-refractivity contribution in [1.82, 2.24) is 0 Å². The fourth-order valence-electron chi connectivity index (χ4n) is 2.04. The van der Waals surface area contributed by atoms with E-state index in [0.29, 0.717) is 6.61 Å². The van der Waals surface area contributed by atoms with Crippen molar-refractivity contribution in [3.8, 4) is 0 Å². The highest BCUT2D eigenvalue weighted by atomic mass is 16.5. The van der Waals surface area contributed by atoms with Crippen LogP contribution >= 0.6 is 0 Å². The van der Waals surface area contributed by atoms with Crippen LogP contribution in [0.3, 0.4) is 0 Å². The number of aryl methyl sites for hydroxylation is 2. The maximum Gasteiger partial charge on any atom is 1.00 e. The number of ether oxygens (including phenoxy) is 5. The van der Waals surface area contributed by atoms with E-state index in [1.165, 1.54) is 24.5 Å². The topological polar surface area (TPSA) is 101 Å². The van der Waals surface area contributed by atoms with Crippen LogP contribution in [0.15, 0.2) is 133 Å². The van der Waals surface area contributed by atoms with Gasteiger partial charge in [0.15, 0.2) is 0 Å². The van der Waals surface area contributed by atoms with Crippen molar-refractivity contribution in [1.29, 1.82) is 0 Å². The minimum Gasteiger partial charge on any atom is -0.481 e. The van der Waals surface area contributed by atoms with Gasteiger partial charge in [0.2, 0.25) is 0 Å². The Balaban J connectivity index is -0.0000000421. The first kappa shape index (κ1) is 82.6. The van der Waals surface area contributed by atoms with Gasteiger partial charge >= 0.3 is 7.40 Å². The van der Waals surface area contributed by atoms with E-state index in [9.17, 15) is 4.79 Å². The van der Waals surface area contributed by atoms with E-state index in [1.807, 2.05) is 165 Å². The molecule has 0 unspecified atom stereocenters. The van der Waals surface area contributed by atoms with Gasteiger partial charge in [-0.15, -0.1) is 0 Å². The van der Waals surface area contributed by atoms with E-state index in [4.69, 9.17) is 9.90 Å². The van der Waals surface area contributed by atoms with E-state index >= 15 is 0 Å². The Kier molecular flexibility index (Phi) is 155. The van der Waals surface area contributed by atoms with E-state index < -0.39 is 5.97 Å². The van der Waals surface area contributed by atoms with Crippen LogP contribution < -0.4 is 0 Å². The van der Waals surface area contributed by atoms with Crippen LogP contribution in [0.5, 0.6) is 0 Å². The summed E-state index contributed by atoms with van der Waals surface area (Å²) in [6, 6.07) is 44.5. The minimum absolute atomic E-state index is 0. The largest absolute Gasteiger partial charge is 1.00 e. The van der Waals surface area contributed by atoms with Gasteiger partial charge in [0.1, 0.15) is 0 Å². The molecular weight excluding hydrogens is 741 g/mol. The standard InChI is InChI=1S/2C7H8.2C6H6.C4H8O2.C3H8.C2H4O2.4C2H6O.4C2H6/c2*1-7-5-3-2-4-6-7;2*1-2-4-6-5-3-1;1-3-6-4(2)5;1-3-2;1-2(3)4;4*1-3-2;4*1-2/h2*2-6H,1H3;2*1-6H;3H2,1-2H3;3H2,1-2H3;1H3,(H,3,4);4*1-2H3;4*1-2H3/p+1. The van der Waals surface area contributed by atoms with Gasteiger partial charge in [0.25, 0.3) is 5.97 Å². The van der Waals surface area contributed by atoms with Crippen molar-refractivity contribution in [2.45, 2.75) is 110 Å². The zero-order valence-corrected chi connectivity index (χ0v) is 42.4. The number of carbonyl (C=O) groups excluding carboxylic acids is 1. The fourth-order valence-corrected chi connectivity index (χ4v) is 2.04. The molecule has 0 aliphatic carbocycles. The number of benzene rings is 4. The van der Waals surface area contributed by atoms with Gasteiger partial charge in [0, 0.05) is 70.7 Å². The summed E-state index contributed by atoms with van der Waals surface area (Å²) in [5.41, 5.74) is 2.64. The summed E-state index contributed by atoms with van der Waals surface area (Å²) in [6.07, 6.45) is 1.25. The van der Waals surface area contributed by atoms with Crippen LogP contribution in [-0.4, -0.2) is 80.5 Å². The van der Waals surface area contributed by atoms with Crippen molar-refractivity contribution < 1.29 is 39.8 Å². The van der Waals surface area contributed by atoms with Crippen LogP contribution in [0.1, 0.15) is 109 Å². The van der Waals surface area contributed by atoms with Crippen molar-refractivity contribution in [3.63, 3.8) is 0 Å². The van der Waals surface area contributed by atoms with Gasteiger partial charge < -0.3 is 28.8 Å². The Morgan fingerprint density at radius 3 is 0.593 bits per heavy atom. The van der Waals surface area contributed by atoms with E-state index in [-0.39, 0.29) is 7.40 Å². The zero-order chi connectivity index (χ0) is 48.8. The predicted molar refractivity (Wildman–Crippen MR) is 265 cm³/mol. The zero-order valence-electron chi connectivity index (χ0n) is 43.4. The second-order valence-electron chi connectivity index (χ2n) is 9.40. The number of esters is 1. The van der Waals surface area contributed by atoms with Gasteiger partial charge in [0.05, 0.1) is 6.61 Å². The molecule has 0 spiro atoms. The Labute approximate surface area is 369 Å². The summed E-state index contributed by atoms with van der Waals surface area (Å²) in [4.78, 5) is 18.8. The Morgan fingerprint density at radius 1 is 0.424 bits per heavy atom. The van der Waals surface area contributed by atoms with Crippen LogP contribution in [0.2, 0.25) is 0 Å². The number of rotatable bonds is 1. The third kappa shape index (κ3) is 201. The van der Waals surface area contributed by atoms with E-state index in [1.54, 1.807) is 63.8 Å². The fraction of sp³-hybridized carbons (Fsp3) is 0.490. The highest BCUT2D eigenvalue weighted by molar-refractivity contribution is 5.65. The number of carboxylic acids is 1. The number of hydrogen-bond acceptors (Lipinski definition) is 7. The lowest BCUT2D eigenvalue weighted by Gasteiger charge is -1.89. The number of carbonyl (C=O) groups is 2. The molecule has 59 heavy (non-hydrogen) atoms. The first-order valence-electron chi connectivity index (χ1n) is 20.3. The second kappa shape index (κ2) is 111. The van der Waals surface area contributed by atoms with Gasteiger partial charge in [-0.05, 0) is 20.8 Å². The SMILES string of the molecule is CC.CC.CC.CC.CC(=O)O.CCC.CCOC(C)=O.COC.COC.COC.COC.Cc1ccccc1.Cc1ccccc1.[H+].c1ccccc1.c1ccccc1. The summed E-state index contributed by atoms with van der Waals surface area (Å²) in [7, 11) is 13.0. The normalized spacial score (nSPS) is 6.83. The van der Waals surface area contributed by atoms with Crippen LogP contribution in [0.25, 0.3) is 0 Å². The van der Waals surface area contributed by atoms with E-state index in [2.05, 4.69) is 75.6 Å². The maximum atomic E-state index is 9.82. The molecule has 4 aromatic rings. The molecule has 0 aliphatic heterocycles. The molecule has 8 heteroatoms. The van der Waals surface area contributed by atoms with Gasteiger partial charge in [-0.25, -0.2) is 0 Å². The van der Waals surface area contributed by atoms with E-state index in [0.717, 1.165) is 6.92 Å². The molecule has 4 aromatic carbocycles. The van der Waals surface area contributed by atoms with Crippen LogP contribution in [0.4, 0.5) is 0 Å². The number of methoxy groups -OCH3 is 4. The van der Waals surface area contributed by atoms with Crippen molar-refractivity contribution in [3.05, 3.63) is 145 Å². The molecular formula is C51H97O8+. The molecule has 0 amide bonds. The van der Waals surface area contributed by atoms with Crippen LogP contribution in [0, 0.1) is 13.8 Å². The van der Waals surface area contributed by atoms with Crippen LogP contribution in [-0.2, 0) is 33.3 Å². The lowest BCUT2D eigenvalue weighted by molar-refractivity contribution is -0.140. The molecule has 0 aliphatic rings.